The van der Waals surface area contributed by atoms with Gasteiger partial charge < -0.3 is 9.64 Å². The zero-order chi connectivity index (χ0) is 17.9. The van der Waals surface area contributed by atoms with E-state index >= 15 is 0 Å². The Bertz CT molecular complexity index is 821. The number of ether oxygens (including phenoxy) is 1. The van der Waals surface area contributed by atoms with Gasteiger partial charge in [-0.1, -0.05) is 34.1 Å². The molecule has 134 valence electrons. The van der Waals surface area contributed by atoms with Gasteiger partial charge in [0.2, 0.25) is 10.0 Å². The van der Waals surface area contributed by atoms with Crippen LogP contribution in [-0.4, -0.2) is 51.1 Å². The number of sulfonamides is 1. The van der Waals surface area contributed by atoms with Crippen LogP contribution in [-0.2, 0) is 21.3 Å². The third kappa shape index (κ3) is 4.20. The number of morpholine rings is 1. The standard InChI is InChI=1S/C17H20BrN3O3S/c1-20(13-14-4-2-3-5-16(14)18)17-7-6-15(12-19-17)25(22,23)21-8-10-24-11-9-21/h2-7,12H,8-11,13H2,1H3. The minimum atomic E-state index is -3.51. The third-order valence-corrected chi connectivity index (χ3v) is 6.74. The molecule has 1 aliphatic rings. The van der Waals surface area contributed by atoms with Crippen LogP contribution in [0.2, 0.25) is 0 Å². The first kappa shape index (κ1) is 18.3. The van der Waals surface area contributed by atoms with Gasteiger partial charge in [0.1, 0.15) is 10.7 Å². The van der Waals surface area contributed by atoms with Crippen molar-refractivity contribution in [3.8, 4) is 0 Å². The fraction of sp³-hybridized carbons (Fsp3) is 0.353. The van der Waals surface area contributed by atoms with Gasteiger partial charge in [-0.2, -0.15) is 4.31 Å². The van der Waals surface area contributed by atoms with Crippen molar-refractivity contribution in [2.24, 2.45) is 0 Å². The van der Waals surface area contributed by atoms with Crippen molar-refractivity contribution in [3.05, 3.63) is 52.6 Å². The summed E-state index contributed by atoms with van der Waals surface area (Å²) >= 11 is 3.54. The maximum atomic E-state index is 12.6. The average Bonchev–Trinajstić information content (AvgIpc) is 2.64. The second-order valence-corrected chi connectivity index (χ2v) is 8.61. The number of pyridine rings is 1. The molecule has 0 saturated carbocycles. The van der Waals surface area contributed by atoms with Gasteiger partial charge in [0.05, 0.1) is 13.2 Å². The summed E-state index contributed by atoms with van der Waals surface area (Å²) in [6.45, 7) is 2.29. The molecular weight excluding hydrogens is 406 g/mol. The Labute approximate surface area is 156 Å². The average molecular weight is 426 g/mol. The molecule has 0 spiro atoms. The van der Waals surface area contributed by atoms with Crippen molar-refractivity contribution in [1.82, 2.24) is 9.29 Å². The van der Waals surface area contributed by atoms with E-state index in [1.165, 1.54) is 10.5 Å². The monoisotopic (exact) mass is 425 g/mol. The van der Waals surface area contributed by atoms with Crippen LogP contribution in [0.25, 0.3) is 0 Å². The summed E-state index contributed by atoms with van der Waals surface area (Å²) in [5, 5.41) is 0. The number of hydrogen-bond donors (Lipinski definition) is 0. The quantitative estimate of drug-likeness (QED) is 0.736. The lowest BCUT2D eigenvalue weighted by molar-refractivity contribution is 0.0730. The Morgan fingerprint density at radius 1 is 1.20 bits per heavy atom. The van der Waals surface area contributed by atoms with Gasteiger partial charge in [-0.15, -0.1) is 0 Å². The van der Waals surface area contributed by atoms with Crippen molar-refractivity contribution in [1.29, 1.82) is 0 Å². The van der Waals surface area contributed by atoms with Crippen molar-refractivity contribution < 1.29 is 13.2 Å². The molecule has 0 amide bonds. The molecule has 25 heavy (non-hydrogen) atoms. The van der Waals surface area contributed by atoms with Crippen LogP contribution in [0.3, 0.4) is 0 Å². The van der Waals surface area contributed by atoms with Crippen LogP contribution in [0.5, 0.6) is 0 Å². The molecule has 2 heterocycles. The Kier molecular flexibility index (Phi) is 5.73. The number of aromatic nitrogens is 1. The maximum Gasteiger partial charge on any atom is 0.244 e. The molecule has 1 fully saturated rings. The molecule has 6 nitrogen and oxygen atoms in total. The predicted octanol–water partition coefficient (Wildman–Crippen LogP) is 2.50. The first-order valence-electron chi connectivity index (χ1n) is 7.97. The van der Waals surface area contributed by atoms with Gasteiger partial charge in [0.15, 0.2) is 0 Å². The lowest BCUT2D eigenvalue weighted by Gasteiger charge is -2.26. The lowest BCUT2D eigenvalue weighted by Crippen LogP contribution is -2.40. The molecule has 2 aromatic rings. The first-order chi connectivity index (χ1) is 12.0. The maximum absolute atomic E-state index is 12.6. The fourth-order valence-corrected chi connectivity index (χ4v) is 4.41. The van der Waals surface area contributed by atoms with E-state index in [0.717, 1.165) is 15.9 Å². The number of rotatable bonds is 5. The summed E-state index contributed by atoms with van der Waals surface area (Å²) in [5.74, 6) is 0.719. The van der Waals surface area contributed by atoms with Gasteiger partial charge in [-0.3, -0.25) is 0 Å². The van der Waals surface area contributed by atoms with Crippen LogP contribution in [0.15, 0.2) is 52.0 Å². The van der Waals surface area contributed by atoms with E-state index in [0.29, 0.717) is 32.8 Å². The molecule has 3 rings (SSSR count). The zero-order valence-corrected chi connectivity index (χ0v) is 16.3. The molecule has 1 saturated heterocycles. The number of halogens is 1. The highest BCUT2D eigenvalue weighted by molar-refractivity contribution is 9.10. The lowest BCUT2D eigenvalue weighted by atomic mass is 10.2. The van der Waals surface area contributed by atoms with Crippen LogP contribution < -0.4 is 4.90 Å². The Morgan fingerprint density at radius 3 is 2.56 bits per heavy atom. The molecule has 0 radical (unpaired) electrons. The van der Waals surface area contributed by atoms with Crippen LogP contribution in [0.1, 0.15) is 5.56 Å². The highest BCUT2D eigenvalue weighted by Crippen LogP contribution is 2.22. The van der Waals surface area contributed by atoms with Crippen LogP contribution >= 0.6 is 15.9 Å². The molecule has 1 aromatic carbocycles. The molecule has 0 unspecified atom stereocenters. The van der Waals surface area contributed by atoms with E-state index in [-0.39, 0.29) is 4.90 Å². The first-order valence-corrected chi connectivity index (χ1v) is 10.2. The second-order valence-electron chi connectivity index (χ2n) is 5.82. The smallest absolute Gasteiger partial charge is 0.244 e. The van der Waals surface area contributed by atoms with E-state index in [1.807, 2.05) is 36.2 Å². The number of hydrogen-bond acceptors (Lipinski definition) is 5. The zero-order valence-electron chi connectivity index (χ0n) is 13.9. The Balaban J connectivity index is 1.74. The van der Waals surface area contributed by atoms with Crippen molar-refractivity contribution in [2.75, 3.05) is 38.3 Å². The number of anilines is 1. The Hall–Kier alpha value is -1.48. The fourth-order valence-electron chi connectivity index (χ4n) is 2.65. The van der Waals surface area contributed by atoms with Crippen molar-refractivity contribution in [2.45, 2.75) is 11.4 Å². The molecule has 0 bridgehead atoms. The summed E-state index contributed by atoms with van der Waals surface area (Å²) in [6, 6.07) is 11.3. The molecule has 0 N–H and O–H groups in total. The van der Waals surface area contributed by atoms with E-state index in [1.54, 1.807) is 12.1 Å². The van der Waals surface area contributed by atoms with Gasteiger partial charge in [-0.05, 0) is 23.8 Å². The highest BCUT2D eigenvalue weighted by atomic mass is 79.9. The Morgan fingerprint density at radius 2 is 1.92 bits per heavy atom. The van der Waals surface area contributed by atoms with Crippen LogP contribution in [0, 0.1) is 0 Å². The van der Waals surface area contributed by atoms with E-state index in [9.17, 15) is 8.42 Å². The molecule has 0 aliphatic carbocycles. The van der Waals surface area contributed by atoms with Gasteiger partial charge in [0.25, 0.3) is 0 Å². The summed E-state index contributed by atoms with van der Waals surface area (Å²) < 4.78 is 32.9. The summed E-state index contributed by atoms with van der Waals surface area (Å²) in [7, 11) is -1.58. The van der Waals surface area contributed by atoms with Gasteiger partial charge in [0, 0.05) is 37.4 Å². The van der Waals surface area contributed by atoms with Gasteiger partial charge in [-0.25, -0.2) is 13.4 Å². The topological polar surface area (TPSA) is 62.7 Å². The van der Waals surface area contributed by atoms with E-state index < -0.39 is 10.0 Å². The second kappa shape index (κ2) is 7.82. The van der Waals surface area contributed by atoms with Gasteiger partial charge >= 0.3 is 0 Å². The normalized spacial score (nSPS) is 15.9. The minimum absolute atomic E-state index is 0.215. The summed E-state index contributed by atoms with van der Waals surface area (Å²) in [6.07, 6.45) is 1.43. The number of benzene rings is 1. The largest absolute Gasteiger partial charge is 0.379 e. The van der Waals surface area contributed by atoms with Crippen molar-refractivity contribution in [3.63, 3.8) is 0 Å². The molecule has 0 atom stereocenters. The predicted molar refractivity (Wildman–Crippen MR) is 100 cm³/mol. The SMILES string of the molecule is CN(Cc1ccccc1Br)c1ccc(S(=O)(=O)N2CCOCC2)cn1. The summed E-state index contributed by atoms with van der Waals surface area (Å²) in [5.41, 5.74) is 1.14. The number of nitrogens with zero attached hydrogens (tertiary/aromatic N) is 3. The summed E-state index contributed by atoms with van der Waals surface area (Å²) in [4.78, 5) is 6.53. The van der Waals surface area contributed by atoms with E-state index in [4.69, 9.17) is 4.74 Å². The van der Waals surface area contributed by atoms with E-state index in [2.05, 4.69) is 20.9 Å². The third-order valence-electron chi connectivity index (χ3n) is 4.09. The molecule has 1 aliphatic heterocycles. The van der Waals surface area contributed by atoms with Crippen LogP contribution in [0.4, 0.5) is 5.82 Å². The molecule has 8 heteroatoms. The minimum Gasteiger partial charge on any atom is -0.379 e. The molecular formula is C17H20BrN3O3S. The molecule has 1 aromatic heterocycles. The van der Waals surface area contributed by atoms with Crippen molar-refractivity contribution >= 4 is 31.8 Å². The highest BCUT2D eigenvalue weighted by Gasteiger charge is 2.26.